The lowest BCUT2D eigenvalue weighted by Crippen LogP contribution is -2.06. The zero-order valence-corrected chi connectivity index (χ0v) is 14.1. The van der Waals surface area contributed by atoms with E-state index in [4.69, 9.17) is 14.3 Å². The van der Waals surface area contributed by atoms with Crippen LogP contribution in [0.4, 0.5) is 0 Å². The van der Waals surface area contributed by atoms with Gasteiger partial charge >= 0.3 is 5.97 Å². The van der Waals surface area contributed by atoms with Crippen molar-refractivity contribution in [2.75, 3.05) is 7.11 Å². The summed E-state index contributed by atoms with van der Waals surface area (Å²) in [5.74, 6) is 0.882. The highest BCUT2D eigenvalue weighted by atomic mass is 16.5. The summed E-state index contributed by atoms with van der Waals surface area (Å²) < 4.78 is 12.9. The number of carboxylic acid groups (broad SMARTS) is 1. The van der Waals surface area contributed by atoms with Crippen molar-refractivity contribution in [3.05, 3.63) is 53.6 Å². The van der Waals surface area contributed by atoms with Crippen LogP contribution in [-0.4, -0.2) is 22.8 Å². The Labute approximate surface area is 140 Å². The van der Waals surface area contributed by atoms with Gasteiger partial charge in [0.15, 0.2) is 0 Å². The number of rotatable bonds is 6. The number of furan rings is 1. The fourth-order valence-electron chi connectivity index (χ4n) is 2.94. The second kappa shape index (κ2) is 6.43. The van der Waals surface area contributed by atoms with Gasteiger partial charge in [-0.25, -0.2) is 4.79 Å². The molecule has 5 nitrogen and oxygen atoms in total. The molecule has 0 radical (unpaired) electrons. The molecule has 0 aliphatic carbocycles. The van der Waals surface area contributed by atoms with Crippen molar-refractivity contribution in [2.45, 2.75) is 26.8 Å². The van der Waals surface area contributed by atoms with Gasteiger partial charge in [0.2, 0.25) is 5.76 Å². The van der Waals surface area contributed by atoms with Gasteiger partial charge < -0.3 is 18.8 Å². The minimum absolute atomic E-state index is 0.0338. The van der Waals surface area contributed by atoms with Crippen molar-refractivity contribution in [3.63, 3.8) is 0 Å². The van der Waals surface area contributed by atoms with Crippen molar-refractivity contribution in [1.29, 1.82) is 0 Å². The zero-order chi connectivity index (χ0) is 17.3. The number of hydrogen-bond acceptors (Lipinski definition) is 3. The van der Waals surface area contributed by atoms with Crippen LogP contribution in [0.2, 0.25) is 0 Å². The molecule has 24 heavy (non-hydrogen) atoms. The fourth-order valence-corrected chi connectivity index (χ4v) is 2.94. The third-order valence-corrected chi connectivity index (χ3v) is 4.00. The Morgan fingerprint density at radius 3 is 2.67 bits per heavy atom. The van der Waals surface area contributed by atoms with Crippen molar-refractivity contribution in [3.8, 4) is 5.75 Å². The molecule has 126 valence electrons. The first-order valence-electron chi connectivity index (χ1n) is 7.96. The predicted molar refractivity (Wildman–Crippen MR) is 91.8 cm³/mol. The molecule has 0 atom stereocenters. The van der Waals surface area contributed by atoms with Crippen LogP contribution in [0.5, 0.6) is 5.75 Å². The van der Waals surface area contributed by atoms with Crippen LogP contribution in [0, 0.1) is 5.92 Å². The molecule has 0 unspecified atom stereocenters. The van der Waals surface area contributed by atoms with Gasteiger partial charge in [-0.1, -0.05) is 13.8 Å². The molecule has 5 heteroatoms. The van der Waals surface area contributed by atoms with Crippen molar-refractivity contribution in [2.24, 2.45) is 5.92 Å². The molecule has 0 aliphatic heterocycles. The lowest BCUT2D eigenvalue weighted by atomic mass is 10.1. The number of methoxy groups -OCH3 is 1. The van der Waals surface area contributed by atoms with Crippen LogP contribution < -0.4 is 4.74 Å². The standard InChI is InChI=1S/C19H21NO4/c1-12(2)8-14-9-13-10-15(23-3)4-6-17(13)20(14)11-16-5-7-18(24-16)19(21)22/h4-7,9-10,12H,8,11H2,1-3H3,(H,21,22). The average Bonchev–Trinajstić information content (AvgIpc) is 3.12. The largest absolute Gasteiger partial charge is 0.497 e. The second-order valence-corrected chi connectivity index (χ2v) is 6.32. The number of aromatic nitrogens is 1. The Morgan fingerprint density at radius 1 is 1.25 bits per heavy atom. The van der Waals surface area contributed by atoms with E-state index < -0.39 is 5.97 Å². The molecule has 3 aromatic rings. The molecule has 0 aliphatic rings. The third kappa shape index (κ3) is 3.15. The highest BCUT2D eigenvalue weighted by Gasteiger charge is 2.14. The van der Waals surface area contributed by atoms with Crippen LogP contribution in [0.1, 0.15) is 35.9 Å². The van der Waals surface area contributed by atoms with Crippen LogP contribution >= 0.6 is 0 Å². The van der Waals surface area contributed by atoms with E-state index >= 15 is 0 Å². The first kappa shape index (κ1) is 16.2. The Hall–Kier alpha value is -2.69. The van der Waals surface area contributed by atoms with Crippen LogP contribution in [-0.2, 0) is 13.0 Å². The summed E-state index contributed by atoms with van der Waals surface area (Å²) in [7, 11) is 1.66. The maximum Gasteiger partial charge on any atom is 0.371 e. The summed E-state index contributed by atoms with van der Waals surface area (Å²) in [5.41, 5.74) is 2.28. The minimum atomic E-state index is -1.05. The third-order valence-electron chi connectivity index (χ3n) is 4.00. The monoisotopic (exact) mass is 327 g/mol. The number of carbonyl (C=O) groups is 1. The Kier molecular flexibility index (Phi) is 4.34. The fraction of sp³-hybridized carbons (Fsp3) is 0.316. The van der Waals surface area contributed by atoms with E-state index in [1.54, 1.807) is 13.2 Å². The number of nitrogens with zero attached hydrogens (tertiary/aromatic N) is 1. The summed E-state index contributed by atoms with van der Waals surface area (Å²) in [4.78, 5) is 11.0. The normalized spacial score (nSPS) is 11.3. The van der Waals surface area contributed by atoms with Gasteiger partial charge in [0.05, 0.1) is 13.7 Å². The van der Waals surface area contributed by atoms with Gasteiger partial charge in [0.25, 0.3) is 0 Å². The quantitative estimate of drug-likeness (QED) is 0.737. The molecule has 0 bridgehead atoms. The van der Waals surface area contributed by atoms with Crippen molar-refractivity contribution < 1.29 is 19.1 Å². The zero-order valence-electron chi connectivity index (χ0n) is 14.1. The number of carboxylic acids is 1. The number of benzene rings is 1. The highest BCUT2D eigenvalue weighted by molar-refractivity contribution is 5.84. The smallest absolute Gasteiger partial charge is 0.371 e. The number of fused-ring (bicyclic) bond motifs is 1. The molecule has 0 amide bonds. The van der Waals surface area contributed by atoms with E-state index in [0.29, 0.717) is 18.2 Å². The molecule has 0 fully saturated rings. The van der Waals surface area contributed by atoms with Gasteiger partial charge in [0.1, 0.15) is 11.5 Å². The van der Waals surface area contributed by atoms with Gasteiger partial charge in [-0.05, 0) is 48.7 Å². The van der Waals surface area contributed by atoms with Crippen LogP contribution in [0.3, 0.4) is 0 Å². The van der Waals surface area contributed by atoms with Crippen LogP contribution in [0.15, 0.2) is 40.8 Å². The van der Waals surface area contributed by atoms with Gasteiger partial charge in [-0.2, -0.15) is 0 Å². The van der Waals surface area contributed by atoms with Crippen LogP contribution in [0.25, 0.3) is 10.9 Å². The summed E-state index contributed by atoms with van der Waals surface area (Å²) in [6.45, 7) is 4.86. The lowest BCUT2D eigenvalue weighted by Gasteiger charge is -2.11. The molecule has 1 aromatic carbocycles. The van der Waals surface area contributed by atoms with E-state index in [2.05, 4.69) is 24.5 Å². The first-order chi connectivity index (χ1) is 11.5. The van der Waals surface area contributed by atoms with Gasteiger partial charge in [-0.3, -0.25) is 0 Å². The molecule has 0 spiro atoms. The van der Waals surface area contributed by atoms with Gasteiger partial charge in [-0.15, -0.1) is 0 Å². The summed E-state index contributed by atoms with van der Waals surface area (Å²) in [6, 6.07) is 11.4. The Morgan fingerprint density at radius 2 is 2.04 bits per heavy atom. The number of aromatic carboxylic acids is 1. The number of ether oxygens (including phenoxy) is 1. The Bertz CT molecular complexity index is 873. The molecule has 0 saturated carbocycles. The number of hydrogen-bond donors (Lipinski definition) is 1. The van der Waals surface area contributed by atoms with Crippen molar-refractivity contribution >= 4 is 16.9 Å². The summed E-state index contributed by atoms with van der Waals surface area (Å²) >= 11 is 0. The second-order valence-electron chi connectivity index (χ2n) is 6.32. The summed E-state index contributed by atoms with van der Waals surface area (Å²) in [5, 5.41) is 10.1. The summed E-state index contributed by atoms with van der Waals surface area (Å²) in [6.07, 6.45) is 0.934. The molecule has 1 N–H and O–H groups in total. The van der Waals surface area contributed by atoms with E-state index in [1.807, 2.05) is 18.2 Å². The van der Waals surface area contributed by atoms with E-state index in [-0.39, 0.29) is 5.76 Å². The maximum atomic E-state index is 11.0. The highest BCUT2D eigenvalue weighted by Crippen LogP contribution is 2.27. The first-order valence-corrected chi connectivity index (χ1v) is 7.96. The molecule has 2 heterocycles. The Balaban J connectivity index is 2.03. The SMILES string of the molecule is COc1ccc2c(c1)cc(CC(C)C)n2Cc1ccc(C(=O)O)o1. The molecular weight excluding hydrogens is 306 g/mol. The van der Waals surface area contributed by atoms with E-state index in [9.17, 15) is 4.79 Å². The molecular formula is C19H21NO4. The molecule has 2 aromatic heterocycles. The minimum Gasteiger partial charge on any atom is -0.497 e. The molecule has 3 rings (SSSR count). The van der Waals surface area contributed by atoms with E-state index in [1.165, 1.54) is 11.8 Å². The molecule has 0 saturated heterocycles. The average molecular weight is 327 g/mol. The lowest BCUT2D eigenvalue weighted by molar-refractivity contribution is 0.0660. The van der Waals surface area contributed by atoms with E-state index in [0.717, 1.165) is 23.1 Å². The topological polar surface area (TPSA) is 64.6 Å². The predicted octanol–water partition coefficient (Wildman–Crippen LogP) is 4.19. The maximum absolute atomic E-state index is 11.0. The van der Waals surface area contributed by atoms with Gasteiger partial charge in [0, 0.05) is 16.6 Å². The van der Waals surface area contributed by atoms with Crippen molar-refractivity contribution in [1.82, 2.24) is 4.57 Å².